The Kier molecular flexibility index (Phi) is 6.26. The van der Waals surface area contributed by atoms with Crippen LogP contribution >= 0.6 is 0 Å². The number of fused-ring (bicyclic) bond motifs is 1. The van der Waals surface area contributed by atoms with Crippen molar-refractivity contribution in [3.05, 3.63) is 82.4 Å². The number of nitrogens with zero attached hydrogens (tertiary/aromatic N) is 2. The lowest BCUT2D eigenvalue weighted by Crippen LogP contribution is -2.38. The van der Waals surface area contributed by atoms with Crippen LogP contribution in [-0.4, -0.2) is 45.3 Å². The number of hydrogen-bond acceptors (Lipinski definition) is 6. The third kappa shape index (κ3) is 4.51. The minimum absolute atomic E-state index is 0.0546. The van der Waals surface area contributed by atoms with E-state index in [2.05, 4.69) is 4.90 Å². The van der Waals surface area contributed by atoms with Gasteiger partial charge in [-0.25, -0.2) is 0 Å². The molecule has 1 atom stereocenters. The lowest BCUT2D eigenvalue weighted by atomic mass is 10.0. The molecule has 1 fully saturated rings. The first-order valence-electron chi connectivity index (χ1n) is 12.0. The third-order valence-corrected chi connectivity index (χ3v) is 6.90. The molecule has 3 N–H and O–H groups in total. The van der Waals surface area contributed by atoms with Crippen LogP contribution in [0.2, 0.25) is 0 Å². The Balaban J connectivity index is 1.43. The molecule has 3 aromatic rings. The summed E-state index contributed by atoms with van der Waals surface area (Å²) >= 11 is 0. The van der Waals surface area contributed by atoms with Crippen molar-refractivity contribution in [2.24, 2.45) is 0 Å². The molecule has 7 heteroatoms. The fourth-order valence-electron chi connectivity index (χ4n) is 5.02. The maximum Gasteiger partial charge on any atom is 0.262 e. The number of aliphatic hydroxyl groups is 1. The molecule has 0 aromatic heterocycles. The second-order valence-corrected chi connectivity index (χ2v) is 9.34. The minimum atomic E-state index is -0.352. The molecule has 0 aliphatic carbocycles. The number of aromatic hydroxyl groups is 2. The highest BCUT2D eigenvalue weighted by atomic mass is 16.5. The number of carbonyl (C=O) groups is 1. The van der Waals surface area contributed by atoms with E-state index >= 15 is 0 Å². The predicted molar refractivity (Wildman–Crippen MR) is 133 cm³/mol. The summed E-state index contributed by atoms with van der Waals surface area (Å²) in [5.74, 6) is -0.601. The topological polar surface area (TPSA) is 93.5 Å². The number of amides is 1. The number of rotatable bonds is 5. The van der Waals surface area contributed by atoms with E-state index in [1.165, 1.54) is 6.07 Å². The number of ether oxygens (including phenoxy) is 1. The lowest BCUT2D eigenvalue weighted by molar-refractivity contribution is 0.0742. The molecule has 0 radical (unpaired) electrons. The van der Waals surface area contributed by atoms with Crippen molar-refractivity contribution in [3.63, 3.8) is 0 Å². The number of β-amino-alcohol motifs (C(OH)–C–C–N with tert-alkyl or cyclic N) is 1. The molecule has 0 bridgehead atoms. The molecule has 5 rings (SSSR count). The number of carbonyl (C=O) groups excluding carboxylic acids is 1. The fourth-order valence-corrected chi connectivity index (χ4v) is 5.02. The molecule has 2 aliphatic heterocycles. The fraction of sp³-hybridized carbons (Fsp3) is 0.321. The van der Waals surface area contributed by atoms with Crippen LogP contribution in [0, 0.1) is 6.92 Å². The van der Waals surface area contributed by atoms with Crippen molar-refractivity contribution in [1.29, 1.82) is 0 Å². The first-order valence-corrected chi connectivity index (χ1v) is 12.0. The van der Waals surface area contributed by atoms with Gasteiger partial charge in [-0.15, -0.1) is 0 Å². The molecule has 0 saturated carbocycles. The maximum atomic E-state index is 13.7. The molecule has 35 heavy (non-hydrogen) atoms. The average Bonchev–Trinajstić information content (AvgIpc) is 3.30. The van der Waals surface area contributed by atoms with E-state index in [0.29, 0.717) is 25.2 Å². The van der Waals surface area contributed by atoms with Gasteiger partial charge in [0.1, 0.15) is 29.4 Å². The standard InChI is InChI=1S/C28H30N2O5/c1-18-24(32)13-25(33)26(27(18)35-17-19-7-3-2-4-8-19)28(34)30-14-20-9-5-11-23(22(20)16-30)29-12-6-10-21(31)15-29/h2-5,7-9,11,13,21,31-33H,6,10,12,14-17H2,1H3. The zero-order chi connectivity index (χ0) is 24.5. The summed E-state index contributed by atoms with van der Waals surface area (Å²) in [6.07, 6.45) is 1.39. The Morgan fingerprint density at radius 1 is 1.06 bits per heavy atom. The van der Waals surface area contributed by atoms with Crippen LogP contribution in [0.25, 0.3) is 0 Å². The monoisotopic (exact) mass is 474 g/mol. The van der Waals surface area contributed by atoms with Gasteiger partial charge in [0, 0.05) is 43.5 Å². The molecule has 7 nitrogen and oxygen atoms in total. The Morgan fingerprint density at radius 2 is 1.86 bits per heavy atom. The van der Waals surface area contributed by atoms with Gasteiger partial charge in [-0.3, -0.25) is 4.79 Å². The van der Waals surface area contributed by atoms with Crippen LogP contribution < -0.4 is 9.64 Å². The normalized spacial score (nSPS) is 17.4. The van der Waals surface area contributed by atoms with Gasteiger partial charge in [0.2, 0.25) is 0 Å². The second kappa shape index (κ2) is 9.50. The van der Waals surface area contributed by atoms with Crippen molar-refractivity contribution in [2.75, 3.05) is 18.0 Å². The number of piperidine rings is 1. The molecular formula is C28H30N2O5. The van der Waals surface area contributed by atoms with Crippen molar-refractivity contribution in [1.82, 2.24) is 4.90 Å². The van der Waals surface area contributed by atoms with Crippen molar-refractivity contribution >= 4 is 11.6 Å². The number of aliphatic hydroxyl groups excluding tert-OH is 1. The second-order valence-electron chi connectivity index (χ2n) is 9.34. The third-order valence-electron chi connectivity index (χ3n) is 6.90. The van der Waals surface area contributed by atoms with Gasteiger partial charge >= 0.3 is 0 Å². The summed E-state index contributed by atoms with van der Waals surface area (Å²) in [7, 11) is 0. The molecule has 3 aromatic carbocycles. The molecule has 1 amide bonds. The summed E-state index contributed by atoms with van der Waals surface area (Å²) < 4.78 is 6.00. The Morgan fingerprint density at radius 3 is 2.63 bits per heavy atom. The molecule has 2 heterocycles. The van der Waals surface area contributed by atoms with E-state index in [-0.39, 0.29) is 41.4 Å². The van der Waals surface area contributed by atoms with Gasteiger partial charge in [0.15, 0.2) is 0 Å². The molecule has 0 spiro atoms. The van der Waals surface area contributed by atoms with E-state index in [9.17, 15) is 20.1 Å². The van der Waals surface area contributed by atoms with Crippen molar-refractivity contribution in [3.8, 4) is 17.2 Å². The summed E-state index contributed by atoms with van der Waals surface area (Å²) in [6.45, 7) is 4.14. The largest absolute Gasteiger partial charge is 0.507 e. The number of benzene rings is 3. The summed E-state index contributed by atoms with van der Waals surface area (Å²) in [6, 6.07) is 16.8. The Hall–Kier alpha value is -3.71. The van der Waals surface area contributed by atoms with Gasteiger partial charge in [0.25, 0.3) is 5.91 Å². The smallest absolute Gasteiger partial charge is 0.262 e. The zero-order valence-electron chi connectivity index (χ0n) is 19.8. The van der Waals surface area contributed by atoms with Crippen LogP contribution in [0.15, 0.2) is 54.6 Å². The summed E-state index contributed by atoms with van der Waals surface area (Å²) in [5, 5.41) is 31.2. The predicted octanol–water partition coefficient (Wildman–Crippen LogP) is 4.10. The quantitative estimate of drug-likeness (QED) is 0.516. The van der Waals surface area contributed by atoms with Gasteiger partial charge in [-0.1, -0.05) is 42.5 Å². The first-order chi connectivity index (χ1) is 16.9. The highest BCUT2D eigenvalue weighted by Gasteiger charge is 2.33. The first kappa shape index (κ1) is 23.1. The molecule has 1 saturated heterocycles. The van der Waals surface area contributed by atoms with Crippen LogP contribution in [0.4, 0.5) is 5.69 Å². The number of anilines is 1. The average molecular weight is 475 g/mol. The Labute approximate surface area is 204 Å². The van der Waals surface area contributed by atoms with E-state index < -0.39 is 0 Å². The Bertz CT molecular complexity index is 1240. The van der Waals surface area contributed by atoms with E-state index in [1.54, 1.807) is 11.8 Å². The van der Waals surface area contributed by atoms with Crippen molar-refractivity contribution < 1.29 is 24.9 Å². The SMILES string of the molecule is Cc1c(O)cc(O)c(C(=O)N2Cc3cccc(N4CCCC(O)C4)c3C2)c1OCc1ccccc1. The van der Waals surface area contributed by atoms with Gasteiger partial charge in [-0.05, 0) is 42.5 Å². The molecular weight excluding hydrogens is 444 g/mol. The highest BCUT2D eigenvalue weighted by Crippen LogP contribution is 2.41. The van der Waals surface area contributed by atoms with Crippen LogP contribution in [0.3, 0.4) is 0 Å². The molecule has 2 aliphatic rings. The lowest BCUT2D eigenvalue weighted by Gasteiger charge is -2.33. The van der Waals surface area contributed by atoms with E-state index in [1.807, 2.05) is 48.5 Å². The zero-order valence-corrected chi connectivity index (χ0v) is 19.8. The van der Waals surface area contributed by atoms with E-state index in [4.69, 9.17) is 4.74 Å². The van der Waals surface area contributed by atoms with Gasteiger partial charge < -0.3 is 29.9 Å². The molecule has 1 unspecified atom stereocenters. The summed E-state index contributed by atoms with van der Waals surface area (Å²) in [5.41, 5.74) is 4.54. The summed E-state index contributed by atoms with van der Waals surface area (Å²) in [4.78, 5) is 17.6. The van der Waals surface area contributed by atoms with Gasteiger partial charge in [-0.2, -0.15) is 0 Å². The van der Waals surface area contributed by atoms with Crippen molar-refractivity contribution in [2.45, 2.75) is 45.6 Å². The van der Waals surface area contributed by atoms with Crippen LogP contribution in [0.5, 0.6) is 17.2 Å². The molecule has 182 valence electrons. The minimum Gasteiger partial charge on any atom is -0.507 e. The van der Waals surface area contributed by atoms with Crippen LogP contribution in [-0.2, 0) is 19.7 Å². The van der Waals surface area contributed by atoms with Gasteiger partial charge in [0.05, 0.1) is 6.10 Å². The number of phenols is 2. The number of hydrogen-bond donors (Lipinski definition) is 3. The number of phenolic OH excluding ortho intramolecular Hbond substituents is 2. The van der Waals surface area contributed by atoms with Crippen LogP contribution in [0.1, 0.15) is 45.5 Å². The maximum absolute atomic E-state index is 13.7. The highest BCUT2D eigenvalue weighted by molar-refractivity contribution is 6.01. The van der Waals surface area contributed by atoms with E-state index in [0.717, 1.165) is 41.8 Å².